The van der Waals surface area contributed by atoms with Crippen LogP contribution in [0, 0.1) is 12.8 Å². The van der Waals surface area contributed by atoms with Gasteiger partial charge in [0.05, 0.1) is 6.04 Å². The number of carbonyl (C=O) groups is 2. The zero-order valence-electron chi connectivity index (χ0n) is 18.8. The lowest BCUT2D eigenvalue weighted by Crippen LogP contribution is -2.53. The molecule has 0 radical (unpaired) electrons. The van der Waals surface area contributed by atoms with Crippen molar-refractivity contribution in [2.24, 2.45) is 5.92 Å². The van der Waals surface area contributed by atoms with Crippen LogP contribution >= 0.6 is 0 Å². The second-order valence-corrected chi connectivity index (χ2v) is 8.86. The van der Waals surface area contributed by atoms with Crippen LogP contribution < -0.4 is 10.6 Å². The fourth-order valence-electron chi connectivity index (χ4n) is 4.52. The van der Waals surface area contributed by atoms with Gasteiger partial charge in [-0.3, -0.25) is 14.9 Å². The summed E-state index contributed by atoms with van der Waals surface area (Å²) in [4.78, 5) is 25.4. The van der Waals surface area contributed by atoms with E-state index in [0.717, 1.165) is 22.4 Å². The van der Waals surface area contributed by atoms with E-state index in [1.807, 2.05) is 61.5 Å². The molecule has 1 aliphatic rings. The lowest BCUT2D eigenvalue weighted by atomic mass is 9.86. The van der Waals surface area contributed by atoms with Crippen molar-refractivity contribution in [3.63, 3.8) is 0 Å². The van der Waals surface area contributed by atoms with E-state index in [0.29, 0.717) is 25.7 Å². The van der Waals surface area contributed by atoms with Crippen molar-refractivity contribution in [2.75, 3.05) is 5.32 Å². The number of amides is 1. The van der Waals surface area contributed by atoms with Gasteiger partial charge in [0.25, 0.3) is 0 Å². The van der Waals surface area contributed by atoms with E-state index in [1.165, 1.54) is 5.56 Å². The average Bonchev–Trinajstić information content (AvgIpc) is 2.94. The zero-order chi connectivity index (χ0) is 23.2. The maximum absolute atomic E-state index is 13.3. The third-order valence-corrected chi connectivity index (χ3v) is 6.37. The molecule has 0 aromatic heterocycles. The van der Waals surface area contributed by atoms with E-state index in [-0.39, 0.29) is 11.8 Å². The van der Waals surface area contributed by atoms with E-state index in [2.05, 4.69) is 34.9 Å². The van der Waals surface area contributed by atoms with Crippen molar-refractivity contribution in [1.82, 2.24) is 5.32 Å². The smallest absolute Gasteiger partial charge is 0.320 e. The van der Waals surface area contributed by atoms with Crippen molar-refractivity contribution < 1.29 is 14.7 Å². The molecule has 1 aliphatic heterocycles. The molecular formula is C28H30N2O3. The van der Waals surface area contributed by atoms with E-state index in [9.17, 15) is 14.7 Å². The van der Waals surface area contributed by atoms with Crippen LogP contribution in [0.25, 0.3) is 0 Å². The highest BCUT2D eigenvalue weighted by Crippen LogP contribution is 2.28. The molecule has 3 N–H and O–H groups in total. The maximum atomic E-state index is 13.3. The number of rotatable bonds is 8. The summed E-state index contributed by atoms with van der Waals surface area (Å²) in [5.41, 5.74) is 5.28. The predicted molar refractivity (Wildman–Crippen MR) is 130 cm³/mol. The molecule has 1 heterocycles. The highest BCUT2D eigenvalue weighted by molar-refractivity contribution is 5.97. The number of carbonyl (C=O) groups excluding carboxylic acids is 1. The SMILES string of the molecule is Cc1ccc(CC2Cc3ccccc3NC(=O)[C@H]2N[C@@H](CCc2ccccc2)C(=O)O)cc1. The van der Waals surface area contributed by atoms with Gasteiger partial charge in [-0.05, 0) is 61.3 Å². The Balaban J connectivity index is 1.58. The summed E-state index contributed by atoms with van der Waals surface area (Å²) in [6.07, 6.45) is 2.41. The minimum Gasteiger partial charge on any atom is -0.480 e. The number of aryl methyl sites for hydroxylation is 2. The number of fused-ring (bicyclic) bond motifs is 1. The maximum Gasteiger partial charge on any atom is 0.320 e. The van der Waals surface area contributed by atoms with Gasteiger partial charge in [-0.15, -0.1) is 0 Å². The van der Waals surface area contributed by atoms with Crippen LogP contribution in [0.2, 0.25) is 0 Å². The monoisotopic (exact) mass is 442 g/mol. The Labute approximate surface area is 194 Å². The molecule has 0 fully saturated rings. The van der Waals surface area contributed by atoms with Gasteiger partial charge in [0.2, 0.25) is 5.91 Å². The number of hydrogen-bond donors (Lipinski definition) is 3. The summed E-state index contributed by atoms with van der Waals surface area (Å²) >= 11 is 0. The Morgan fingerprint density at radius 1 is 1.00 bits per heavy atom. The van der Waals surface area contributed by atoms with Crippen molar-refractivity contribution in [2.45, 2.75) is 44.7 Å². The fraction of sp³-hybridized carbons (Fsp3) is 0.286. The number of anilines is 1. The molecule has 0 bridgehead atoms. The summed E-state index contributed by atoms with van der Waals surface area (Å²) < 4.78 is 0. The number of nitrogens with one attached hydrogen (secondary N) is 2. The van der Waals surface area contributed by atoms with Crippen LogP contribution in [0.5, 0.6) is 0 Å². The lowest BCUT2D eigenvalue weighted by Gasteiger charge is -2.28. The minimum absolute atomic E-state index is 0.0741. The molecule has 5 nitrogen and oxygen atoms in total. The van der Waals surface area contributed by atoms with Crippen LogP contribution in [0.4, 0.5) is 5.69 Å². The Kier molecular flexibility index (Phi) is 7.20. The molecule has 0 aliphatic carbocycles. The van der Waals surface area contributed by atoms with Gasteiger partial charge in [-0.2, -0.15) is 0 Å². The van der Waals surface area contributed by atoms with Gasteiger partial charge in [0.1, 0.15) is 6.04 Å². The first-order valence-corrected chi connectivity index (χ1v) is 11.5. The molecule has 1 unspecified atom stereocenters. The standard InChI is InChI=1S/C28H30N2O3/c1-19-11-13-21(14-12-19)17-23-18-22-9-5-6-10-24(22)30-27(31)26(23)29-25(28(32)33)16-15-20-7-3-2-4-8-20/h2-14,23,25-26,29H,15-18H2,1H3,(H,30,31)(H,32,33)/t23?,25-,26-/m0/s1. The summed E-state index contributed by atoms with van der Waals surface area (Å²) in [6, 6.07) is 24.5. The Morgan fingerprint density at radius 3 is 2.42 bits per heavy atom. The Hall–Kier alpha value is -3.44. The van der Waals surface area contributed by atoms with Crippen molar-refractivity contribution in [1.29, 1.82) is 0 Å². The number of carboxylic acids is 1. The number of para-hydroxylation sites is 1. The second kappa shape index (κ2) is 10.5. The van der Waals surface area contributed by atoms with Crippen LogP contribution in [-0.2, 0) is 28.9 Å². The summed E-state index contributed by atoms with van der Waals surface area (Å²) in [7, 11) is 0. The third-order valence-electron chi connectivity index (χ3n) is 6.37. The zero-order valence-corrected chi connectivity index (χ0v) is 18.8. The fourth-order valence-corrected chi connectivity index (χ4v) is 4.52. The number of carboxylic acid groups (broad SMARTS) is 1. The summed E-state index contributed by atoms with van der Waals surface area (Å²) in [6.45, 7) is 2.05. The molecule has 170 valence electrons. The van der Waals surface area contributed by atoms with E-state index < -0.39 is 18.1 Å². The molecule has 0 saturated carbocycles. The van der Waals surface area contributed by atoms with Crippen molar-refractivity contribution >= 4 is 17.6 Å². The van der Waals surface area contributed by atoms with Gasteiger partial charge >= 0.3 is 5.97 Å². The molecule has 3 aromatic carbocycles. The van der Waals surface area contributed by atoms with E-state index in [1.54, 1.807) is 0 Å². The molecule has 0 saturated heterocycles. The van der Waals surface area contributed by atoms with Gasteiger partial charge in [0.15, 0.2) is 0 Å². The third kappa shape index (κ3) is 5.88. The first-order valence-electron chi connectivity index (χ1n) is 11.5. The van der Waals surface area contributed by atoms with Crippen molar-refractivity contribution in [3.05, 3.63) is 101 Å². The normalized spacial score (nSPS) is 18.6. The first-order chi connectivity index (χ1) is 16.0. The van der Waals surface area contributed by atoms with Crippen LogP contribution in [-0.4, -0.2) is 29.1 Å². The van der Waals surface area contributed by atoms with Crippen LogP contribution in [0.15, 0.2) is 78.9 Å². The van der Waals surface area contributed by atoms with Gasteiger partial charge in [0, 0.05) is 5.69 Å². The molecule has 4 rings (SSSR count). The number of aliphatic carboxylic acids is 1. The second-order valence-electron chi connectivity index (χ2n) is 8.86. The molecule has 1 amide bonds. The summed E-state index contributed by atoms with van der Waals surface area (Å²) in [5, 5.41) is 16.2. The number of hydrogen-bond acceptors (Lipinski definition) is 3. The first kappa shape index (κ1) is 22.7. The molecule has 33 heavy (non-hydrogen) atoms. The highest BCUT2D eigenvalue weighted by Gasteiger charge is 2.35. The largest absolute Gasteiger partial charge is 0.480 e. The predicted octanol–water partition coefficient (Wildman–Crippen LogP) is 4.39. The highest BCUT2D eigenvalue weighted by atomic mass is 16.4. The topological polar surface area (TPSA) is 78.4 Å². The van der Waals surface area contributed by atoms with E-state index in [4.69, 9.17) is 0 Å². The Bertz CT molecular complexity index is 1100. The number of benzene rings is 3. The summed E-state index contributed by atoms with van der Waals surface area (Å²) in [5.74, 6) is -1.19. The molecule has 3 atom stereocenters. The van der Waals surface area contributed by atoms with Crippen LogP contribution in [0.3, 0.4) is 0 Å². The molecular weight excluding hydrogens is 412 g/mol. The van der Waals surface area contributed by atoms with Gasteiger partial charge < -0.3 is 10.4 Å². The van der Waals surface area contributed by atoms with Crippen LogP contribution in [0.1, 0.15) is 28.7 Å². The van der Waals surface area contributed by atoms with Gasteiger partial charge in [-0.25, -0.2) is 0 Å². The molecule has 5 heteroatoms. The molecule has 0 spiro atoms. The minimum atomic E-state index is -0.936. The van der Waals surface area contributed by atoms with Gasteiger partial charge in [-0.1, -0.05) is 78.4 Å². The molecule has 3 aromatic rings. The van der Waals surface area contributed by atoms with E-state index >= 15 is 0 Å². The quantitative estimate of drug-likeness (QED) is 0.483. The Morgan fingerprint density at radius 2 is 1.70 bits per heavy atom. The average molecular weight is 443 g/mol. The van der Waals surface area contributed by atoms with Crippen molar-refractivity contribution in [3.8, 4) is 0 Å². The lowest BCUT2D eigenvalue weighted by molar-refractivity contribution is -0.140.